The van der Waals surface area contributed by atoms with Gasteiger partial charge in [0, 0.05) is 23.5 Å². The van der Waals surface area contributed by atoms with Gasteiger partial charge in [-0.05, 0) is 90.3 Å². The molecule has 3 aliphatic heterocycles. The molecule has 2 aromatic heterocycles. The summed E-state index contributed by atoms with van der Waals surface area (Å²) in [5.74, 6) is 1.97. The fourth-order valence-corrected chi connectivity index (χ4v) is 9.37. The van der Waals surface area contributed by atoms with Crippen LogP contribution >= 0.6 is 0 Å². The van der Waals surface area contributed by atoms with E-state index in [1.54, 1.807) is 0 Å². The standard InChI is InChI=1S/C46H56N8O7/c1-9-25(5)39(52-46(58)60-8)44(56)54-26(6)10-15-35(54)42-48-33-14-12-27-18-32-30-13-11-28(17-29(30)22-61-37(32)19-31(27)40(33)50-42)34-20-47-41(49-34)36-16-24(4)21-53(36)43(55)38(23(2)3)51-45(57)59-7/h11-14,17-20,23-26,35-36,38-39H,9-10,15-16,21-22H2,1-8H3,(H,47,49)(H,48,50)(H,51,57)(H,52,58)/t24-,25?,26-,35-,36?,38-,39-/m0/s1. The first-order chi connectivity index (χ1) is 29.3. The summed E-state index contributed by atoms with van der Waals surface area (Å²) >= 11 is 0. The van der Waals surface area contributed by atoms with Crippen LogP contribution in [-0.2, 0) is 25.7 Å². The number of carbonyl (C=O) groups is 4. The first kappa shape index (κ1) is 41.6. The minimum atomic E-state index is -0.714. The van der Waals surface area contributed by atoms with E-state index in [2.05, 4.69) is 63.9 Å². The van der Waals surface area contributed by atoms with Gasteiger partial charge in [0.2, 0.25) is 11.8 Å². The summed E-state index contributed by atoms with van der Waals surface area (Å²) in [5.41, 5.74) is 6.60. The smallest absolute Gasteiger partial charge is 0.407 e. The zero-order valence-electron chi connectivity index (χ0n) is 36.1. The molecule has 0 saturated carbocycles. The van der Waals surface area contributed by atoms with E-state index in [-0.39, 0.29) is 47.7 Å². The summed E-state index contributed by atoms with van der Waals surface area (Å²) < 4.78 is 16.1. The van der Waals surface area contributed by atoms with Gasteiger partial charge in [-0.15, -0.1) is 0 Å². The van der Waals surface area contributed by atoms with Crippen LogP contribution in [0.5, 0.6) is 5.75 Å². The quantitative estimate of drug-likeness (QED) is 0.109. The topological polar surface area (TPSA) is 184 Å². The highest BCUT2D eigenvalue weighted by molar-refractivity contribution is 6.07. The van der Waals surface area contributed by atoms with Crippen LogP contribution in [0.2, 0.25) is 0 Å². The van der Waals surface area contributed by atoms with Crippen molar-refractivity contribution in [2.45, 2.75) is 104 Å². The van der Waals surface area contributed by atoms with Crippen LogP contribution in [0.1, 0.15) is 96.5 Å². The van der Waals surface area contributed by atoms with Crippen molar-refractivity contribution in [3.8, 4) is 28.1 Å². The summed E-state index contributed by atoms with van der Waals surface area (Å²) in [7, 11) is 2.60. The molecular formula is C46H56N8O7. The summed E-state index contributed by atoms with van der Waals surface area (Å²) in [6.45, 7) is 12.9. The lowest BCUT2D eigenvalue weighted by Gasteiger charge is -2.33. The third kappa shape index (κ3) is 7.74. The third-order valence-electron chi connectivity index (χ3n) is 13.0. The minimum absolute atomic E-state index is 0.0252. The van der Waals surface area contributed by atoms with E-state index in [9.17, 15) is 19.2 Å². The van der Waals surface area contributed by atoms with Crippen molar-refractivity contribution in [2.24, 2.45) is 17.8 Å². The molecule has 3 aliphatic rings. The largest absolute Gasteiger partial charge is 0.488 e. The van der Waals surface area contributed by atoms with Gasteiger partial charge in [-0.2, -0.15) is 0 Å². The molecule has 3 aromatic carbocycles. The fraction of sp³-hybridized carbons (Fsp3) is 0.478. The Hall–Kier alpha value is -6.12. The van der Waals surface area contributed by atoms with E-state index in [0.717, 1.165) is 87.0 Å². The molecule has 2 saturated heterocycles. The number of ether oxygens (including phenoxy) is 3. The molecule has 2 fully saturated rings. The van der Waals surface area contributed by atoms with Crippen LogP contribution in [0.15, 0.2) is 48.7 Å². The van der Waals surface area contributed by atoms with E-state index >= 15 is 0 Å². The SMILES string of the molecule is CCC(C)[C@H](NC(=O)OC)C(=O)N1[C@@H](C)CC[C@H]1c1nc2ccc3cc4c(cc3c2[nH]1)OCc1cc(-c2cnc(C3C[C@H](C)CN3C(=O)[C@@H](NC(=O)OC)C(C)C)[nH]2)ccc1-4. The maximum absolute atomic E-state index is 14.1. The number of imidazole rings is 2. The molecule has 5 aromatic rings. The fourth-order valence-electron chi connectivity index (χ4n) is 9.37. The highest BCUT2D eigenvalue weighted by Crippen LogP contribution is 2.44. The van der Waals surface area contributed by atoms with Gasteiger partial charge < -0.3 is 44.6 Å². The average molecular weight is 833 g/mol. The monoisotopic (exact) mass is 832 g/mol. The van der Waals surface area contributed by atoms with Gasteiger partial charge in [-0.3, -0.25) is 9.59 Å². The number of nitrogens with zero attached hydrogens (tertiary/aromatic N) is 4. The van der Waals surface area contributed by atoms with Gasteiger partial charge in [0.15, 0.2) is 0 Å². The van der Waals surface area contributed by atoms with Crippen LogP contribution in [0, 0.1) is 17.8 Å². The third-order valence-corrected chi connectivity index (χ3v) is 13.0. The Morgan fingerprint density at radius 1 is 0.885 bits per heavy atom. The normalized spacial score (nSPS) is 21.1. The molecule has 8 rings (SSSR count). The van der Waals surface area contributed by atoms with Gasteiger partial charge in [0.05, 0.1) is 49.2 Å². The molecule has 0 bridgehead atoms. The molecule has 0 aliphatic carbocycles. The highest BCUT2D eigenvalue weighted by Gasteiger charge is 2.42. The number of aromatic nitrogens is 4. The predicted molar refractivity (Wildman–Crippen MR) is 230 cm³/mol. The Balaban J connectivity index is 1.05. The van der Waals surface area contributed by atoms with Crippen molar-refractivity contribution in [1.82, 2.24) is 40.4 Å². The number of nitrogens with one attached hydrogen (secondary N) is 4. The van der Waals surface area contributed by atoms with Crippen molar-refractivity contribution < 1.29 is 33.4 Å². The Kier molecular flexibility index (Phi) is 11.4. The second kappa shape index (κ2) is 16.7. The Morgan fingerprint density at radius 2 is 1.64 bits per heavy atom. The first-order valence-corrected chi connectivity index (χ1v) is 21.4. The Bertz CT molecular complexity index is 2490. The van der Waals surface area contributed by atoms with Crippen LogP contribution in [0.25, 0.3) is 44.2 Å². The number of amides is 4. The minimum Gasteiger partial charge on any atom is -0.488 e. The Labute approximate surface area is 355 Å². The molecule has 4 N–H and O–H groups in total. The Morgan fingerprint density at radius 3 is 2.36 bits per heavy atom. The molecule has 5 heterocycles. The molecule has 2 unspecified atom stereocenters. The number of carbonyl (C=O) groups excluding carboxylic acids is 4. The molecular weight excluding hydrogens is 777 g/mol. The van der Waals surface area contributed by atoms with E-state index in [4.69, 9.17) is 24.2 Å². The van der Waals surface area contributed by atoms with E-state index < -0.39 is 24.3 Å². The van der Waals surface area contributed by atoms with Crippen molar-refractivity contribution in [3.63, 3.8) is 0 Å². The maximum Gasteiger partial charge on any atom is 0.407 e. The number of hydrogen-bond donors (Lipinski definition) is 4. The summed E-state index contributed by atoms with van der Waals surface area (Å²) in [4.78, 5) is 72.9. The maximum atomic E-state index is 14.1. The summed E-state index contributed by atoms with van der Waals surface area (Å²) in [6.07, 6.45) is 3.60. The molecule has 0 radical (unpaired) electrons. The number of methoxy groups -OCH3 is 2. The number of hydrogen-bond acceptors (Lipinski definition) is 9. The van der Waals surface area contributed by atoms with Crippen LogP contribution in [-0.4, -0.2) is 92.6 Å². The number of rotatable bonds is 10. The average Bonchev–Trinajstić information content (AvgIpc) is 4.08. The molecule has 15 heteroatoms. The number of alkyl carbamates (subject to hydrolysis) is 2. The number of aromatic amines is 2. The van der Waals surface area contributed by atoms with Gasteiger partial charge in [0.1, 0.15) is 36.1 Å². The number of benzene rings is 3. The summed E-state index contributed by atoms with van der Waals surface area (Å²) in [6, 6.07) is 12.7. The molecule has 0 spiro atoms. The van der Waals surface area contributed by atoms with Crippen LogP contribution in [0.4, 0.5) is 9.59 Å². The molecule has 61 heavy (non-hydrogen) atoms. The van der Waals surface area contributed by atoms with Gasteiger partial charge in [-0.1, -0.05) is 59.2 Å². The molecule has 15 nitrogen and oxygen atoms in total. The zero-order valence-corrected chi connectivity index (χ0v) is 36.1. The van der Waals surface area contributed by atoms with Crippen LogP contribution < -0.4 is 15.4 Å². The zero-order chi connectivity index (χ0) is 43.3. The lowest BCUT2D eigenvalue weighted by molar-refractivity contribution is -0.137. The lowest BCUT2D eigenvalue weighted by atomic mass is 9.92. The van der Waals surface area contributed by atoms with E-state index in [1.165, 1.54) is 14.2 Å². The van der Waals surface area contributed by atoms with Crippen molar-refractivity contribution in [2.75, 3.05) is 20.8 Å². The first-order valence-electron chi connectivity index (χ1n) is 21.4. The molecule has 7 atom stereocenters. The number of fused-ring (bicyclic) bond motifs is 6. The number of H-pyrrole nitrogens is 2. The van der Waals surface area contributed by atoms with Gasteiger partial charge in [0.25, 0.3) is 0 Å². The highest BCUT2D eigenvalue weighted by atomic mass is 16.5. The summed E-state index contributed by atoms with van der Waals surface area (Å²) in [5, 5.41) is 7.51. The van der Waals surface area contributed by atoms with Crippen molar-refractivity contribution >= 4 is 45.8 Å². The second-order valence-corrected chi connectivity index (χ2v) is 17.4. The van der Waals surface area contributed by atoms with E-state index in [0.29, 0.717) is 19.0 Å². The van der Waals surface area contributed by atoms with Gasteiger partial charge in [-0.25, -0.2) is 19.6 Å². The second-order valence-electron chi connectivity index (χ2n) is 17.4. The van der Waals surface area contributed by atoms with Gasteiger partial charge >= 0.3 is 12.2 Å². The lowest BCUT2D eigenvalue weighted by Crippen LogP contribution is -2.53. The van der Waals surface area contributed by atoms with Crippen molar-refractivity contribution in [1.29, 1.82) is 0 Å². The van der Waals surface area contributed by atoms with Crippen molar-refractivity contribution in [3.05, 3.63) is 65.9 Å². The molecule has 322 valence electrons. The predicted octanol–water partition coefficient (Wildman–Crippen LogP) is 7.78. The van der Waals surface area contributed by atoms with E-state index in [1.807, 2.05) is 56.7 Å². The van der Waals surface area contributed by atoms with Crippen LogP contribution in [0.3, 0.4) is 0 Å². The molecule has 4 amide bonds. The number of likely N-dealkylation sites (tertiary alicyclic amines) is 2.